The number of benzene rings is 1. The molecule has 114 valence electrons. The number of hydrogen-bond acceptors (Lipinski definition) is 3. The van der Waals surface area contributed by atoms with Crippen molar-refractivity contribution in [2.24, 2.45) is 0 Å². The molecule has 0 aliphatic carbocycles. The topological polar surface area (TPSA) is 77.8 Å². The van der Waals surface area contributed by atoms with Gasteiger partial charge in [0.05, 0.1) is 0 Å². The summed E-state index contributed by atoms with van der Waals surface area (Å²) in [5, 5.41) is 28.7. The van der Waals surface area contributed by atoms with Gasteiger partial charge >= 0.3 is 5.97 Å². The van der Waals surface area contributed by atoms with E-state index in [9.17, 15) is 15.0 Å². The quantitative estimate of drug-likeness (QED) is 0.691. The highest BCUT2D eigenvalue weighted by molar-refractivity contribution is 5.91. The maximum Gasteiger partial charge on any atom is 0.339 e. The van der Waals surface area contributed by atoms with Crippen LogP contribution < -0.4 is 0 Å². The molecule has 0 spiro atoms. The number of allylic oxidation sites excluding steroid dienone is 4. The fourth-order valence-electron chi connectivity index (χ4n) is 1.97. The number of carboxylic acid groups (broad SMARTS) is 1. The average Bonchev–Trinajstić information content (AvgIpc) is 2.37. The summed E-state index contributed by atoms with van der Waals surface area (Å²) in [4.78, 5) is 11.0. The van der Waals surface area contributed by atoms with Crippen molar-refractivity contribution in [1.82, 2.24) is 0 Å². The molecule has 0 aromatic heterocycles. The molecule has 4 nitrogen and oxygen atoms in total. The van der Waals surface area contributed by atoms with E-state index in [2.05, 4.69) is 6.08 Å². The van der Waals surface area contributed by atoms with Crippen molar-refractivity contribution < 1.29 is 20.1 Å². The highest BCUT2D eigenvalue weighted by Crippen LogP contribution is 2.31. The van der Waals surface area contributed by atoms with E-state index in [-0.39, 0.29) is 22.6 Å². The Hall–Kier alpha value is -2.23. The van der Waals surface area contributed by atoms with Crippen molar-refractivity contribution in [3.63, 3.8) is 0 Å². The van der Waals surface area contributed by atoms with Gasteiger partial charge in [-0.05, 0) is 52.2 Å². The summed E-state index contributed by atoms with van der Waals surface area (Å²) in [5.41, 5.74) is 2.45. The van der Waals surface area contributed by atoms with Crippen LogP contribution in [0.5, 0.6) is 11.5 Å². The van der Waals surface area contributed by atoms with Crippen LogP contribution >= 0.6 is 0 Å². The second-order valence-corrected chi connectivity index (χ2v) is 5.34. The van der Waals surface area contributed by atoms with Crippen molar-refractivity contribution in [2.45, 2.75) is 40.0 Å². The monoisotopic (exact) mass is 290 g/mol. The molecule has 0 amide bonds. The van der Waals surface area contributed by atoms with Gasteiger partial charge in [0.25, 0.3) is 0 Å². The first-order valence-corrected chi connectivity index (χ1v) is 6.89. The SMILES string of the molecule is CC(C)=CCC/C(C)=C/Cc1c(O)ccc(C(=O)O)c1O. The largest absolute Gasteiger partial charge is 0.508 e. The third kappa shape index (κ3) is 4.99. The number of phenols is 2. The van der Waals surface area contributed by atoms with Crippen LogP contribution in [-0.2, 0) is 6.42 Å². The highest BCUT2D eigenvalue weighted by atomic mass is 16.4. The smallest absolute Gasteiger partial charge is 0.339 e. The minimum Gasteiger partial charge on any atom is -0.508 e. The first kappa shape index (κ1) is 16.8. The van der Waals surface area contributed by atoms with Gasteiger partial charge in [0.2, 0.25) is 0 Å². The molecule has 0 aliphatic heterocycles. The molecule has 4 heteroatoms. The van der Waals surface area contributed by atoms with Gasteiger partial charge in [0.1, 0.15) is 17.1 Å². The molecule has 0 aliphatic rings. The molecule has 0 saturated carbocycles. The fraction of sp³-hybridized carbons (Fsp3) is 0.353. The van der Waals surface area contributed by atoms with Crippen molar-refractivity contribution in [1.29, 1.82) is 0 Å². The first-order chi connectivity index (χ1) is 9.82. The Morgan fingerprint density at radius 3 is 2.38 bits per heavy atom. The van der Waals surface area contributed by atoms with Crippen LogP contribution in [-0.4, -0.2) is 21.3 Å². The summed E-state index contributed by atoms with van der Waals surface area (Å²) in [7, 11) is 0. The summed E-state index contributed by atoms with van der Waals surface area (Å²) < 4.78 is 0. The molecule has 0 radical (unpaired) electrons. The van der Waals surface area contributed by atoms with Crippen molar-refractivity contribution in [3.8, 4) is 11.5 Å². The van der Waals surface area contributed by atoms with Gasteiger partial charge in [-0.15, -0.1) is 0 Å². The van der Waals surface area contributed by atoms with Crippen LogP contribution in [0.1, 0.15) is 49.5 Å². The molecule has 0 fully saturated rings. The number of aromatic carboxylic acids is 1. The number of carboxylic acids is 1. The van der Waals surface area contributed by atoms with Crippen molar-refractivity contribution >= 4 is 5.97 Å². The summed E-state index contributed by atoms with van der Waals surface area (Å²) in [6.07, 6.45) is 6.19. The Labute approximate surface area is 125 Å². The number of rotatable bonds is 6. The normalized spacial score (nSPS) is 11.3. The lowest BCUT2D eigenvalue weighted by Gasteiger charge is -2.08. The molecule has 1 aromatic carbocycles. The minimum atomic E-state index is -1.21. The first-order valence-electron chi connectivity index (χ1n) is 6.89. The Balaban J connectivity index is 2.85. The van der Waals surface area contributed by atoms with Crippen LogP contribution in [0.2, 0.25) is 0 Å². The van der Waals surface area contributed by atoms with E-state index >= 15 is 0 Å². The summed E-state index contributed by atoms with van der Waals surface area (Å²) in [5.74, 6) is -1.67. The van der Waals surface area contributed by atoms with Crippen LogP contribution in [0.4, 0.5) is 0 Å². The number of carbonyl (C=O) groups is 1. The second kappa shape index (κ2) is 7.53. The number of phenolic OH excluding ortho intramolecular Hbond substituents is 1. The zero-order valence-electron chi connectivity index (χ0n) is 12.7. The predicted octanol–water partition coefficient (Wildman–Crippen LogP) is 4.03. The standard InChI is InChI=1S/C17H22O4/c1-11(2)5-4-6-12(3)7-8-13-15(18)10-9-14(16(13)19)17(20)21/h5,7,9-10,18-19H,4,6,8H2,1-3H3,(H,20,21)/b12-7+. The van der Waals surface area contributed by atoms with E-state index in [1.165, 1.54) is 17.7 Å². The maximum atomic E-state index is 11.0. The van der Waals surface area contributed by atoms with Gasteiger partial charge in [0.15, 0.2) is 0 Å². The van der Waals surface area contributed by atoms with Crippen LogP contribution in [0.15, 0.2) is 35.4 Å². The minimum absolute atomic E-state index is 0.0918. The van der Waals surface area contributed by atoms with Gasteiger partial charge in [-0.3, -0.25) is 0 Å². The van der Waals surface area contributed by atoms with Crippen LogP contribution in [0.25, 0.3) is 0 Å². The highest BCUT2D eigenvalue weighted by Gasteiger charge is 2.15. The number of hydrogen-bond donors (Lipinski definition) is 3. The third-order valence-electron chi connectivity index (χ3n) is 3.23. The molecule has 21 heavy (non-hydrogen) atoms. The van der Waals surface area contributed by atoms with E-state index in [1.807, 2.05) is 26.8 Å². The lowest BCUT2D eigenvalue weighted by atomic mass is 10.0. The summed E-state index contributed by atoms with van der Waals surface area (Å²) >= 11 is 0. The Morgan fingerprint density at radius 2 is 1.81 bits per heavy atom. The fourth-order valence-corrected chi connectivity index (χ4v) is 1.97. The Bertz CT molecular complexity index is 579. The summed E-state index contributed by atoms with van der Waals surface area (Å²) in [6, 6.07) is 2.49. The molecular formula is C17H22O4. The average molecular weight is 290 g/mol. The van der Waals surface area contributed by atoms with E-state index < -0.39 is 5.97 Å². The predicted molar refractivity (Wildman–Crippen MR) is 82.9 cm³/mol. The Morgan fingerprint density at radius 1 is 1.14 bits per heavy atom. The van der Waals surface area contributed by atoms with E-state index in [4.69, 9.17) is 5.11 Å². The van der Waals surface area contributed by atoms with Crippen LogP contribution in [0, 0.1) is 0 Å². The summed E-state index contributed by atoms with van der Waals surface area (Å²) in [6.45, 7) is 6.08. The van der Waals surface area contributed by atoms with Gasteiger partial charge in [0, 0.05) is 5.56 Å². The molecular weight excluding hydrogens is 268 g/mol. The van der Waals surface area contributed by atoms with Crippen molar-refractivity contribution in [2.75, 3.05) is 0 Å². The van der Waals surface area contributed by atoms with Gasteiger partial charge < -0.3 is 15.3 Å². The molecule has 1 aromatic rings. The molecule has 1 rings (SSSR count). The zero-order valence-corrected chi connectivity index (χ0v) is 12.7. The van der Waals surface area contributed by atoms with Gasteiger partial charge in [-0.25, -0.2) is 4.79 Å². The van der Waals surface area contributed by atoms with E-state index in [0.29, 0.717) is 6.42 Å². The molecule has 0 unspecified atom stereocenters. The van der Waals surface area contributed by atoms with E-state index in [1.54, 1.807) is 0 Å². The molecule has 3 N–H and O–H groups in total. The molecule has 0 atom stereocenters. The lowest BCUT2D eigenvalue weighted by Crippen LogP contribution is -1.99. The van der Waals surface area contributed by atoms with Gasteiger partial charge in [-0.1, -0.05) is 23.3 Å². The second-order valence-electron chi connectivity index (χ2n) is 5.34. The molecule has 0 saturated heterocycles. The van der Waals surface area contributed by atoms with Crippen LogP contribution in [0.3, 0.4) is 0 Å². The van der Waals surface area contributed by atoms with E-state index in [0.717, 1.165) is 18.4 Å². The lowest BCUT2D eigenvalue weighted by molar-refractivity contribution is 0.0693. The molecule has 0 heterocycles. The third-order valence-corrected chi connectivity index (χ3v) is 3.23. The maximum absolute atomic E-state index is 11.0. The van der Waals surface area contributed by atoms with Gasteiger partial charge in [-0.2, -0.15) is 0 Å². The zero-order chi connectivity index (χ0) is 16.0. The Kier molecular flexibility index (Phi) is 6.03. The molecule has 0 bridgehead atoms. The van der Waals surface area contributed by atoms with Crippen molar-refractivity contribution in [3.05, 3.63) is 46.6 Å². The number of aromatic hydroxyl groups is 2.